The molecule has 104 valence electrons. The molecule has 1 atom stereocenters. The summed E-state index contributed by atoms with van der Waals surface area (Å²) in [5.74, 6) is -0.0113. The van der Waals surface area contributed by atoms with Crippen LogP contribution >= 0.6 is 0 Å². The molecule has 1 aromatic rings. The van der Waals surface area contributed by atoms with Crippen molar-refractivity contribution in [3.8, 4) is 11.5 Å². The Morgan fingerprint density at radius 3 is 2.58 bits per heavy atom. The van der Waals surface area contributed by atoms with Gasteiger partial charge in [0.1, 0.15) is 0 Å². The number of aryl methyl sites for hydroxylation is 1. The lowest BCUT2D eigenvalue weighted by Crippen LogP contribution is -2.10. The first-order valence-corrected chi connectivity index (χ1v) is 6.54. The largest absolute Gasteiger partial charge is 0.504 e. The van der Waals surface area contributed by atoms with Gasteiger partial charge in [-0.05, 0) is 43.7 Å². The number of carboxylic acid groups (broad SMARTS) is 1. The lowest BCUT2D eigenvalue weighted by molar-refractivity contribution is -0.137. The maximum atomic E-state index is 11.0. The minimum Gasteiger partial charge on any atom is -0.504 e. The highest BCUT2D eigenvalue weighted by atomic mass is 16.5. The summed E-state index contributed by atoms with van der Waals surface area (Å²) < 4.78 is 5.26. The van der Waals surface area contributed by atoms with E-state index < -0.39 is 5.97 Å². The number of phenolic OH excluding ortho intramolecular Hbond substituents is 1. The van der Waals surface area contributed by atoms with Gasteiger partial charge in [-0.3, -0.25) is 4.79 Å². The molecule has 1 aliphatic carbocycles. The van der Waals surface area contributed by atoms with Crippen molar-refractivity contribution in [3.63, 3.8) is 0 Å². The van der Waals surface area contributed by atoms with E-state index in [-0.39, 0.29) is 18.1 Å². The van der Waals surface area contributed by atoms with Crippen molar-refractivity contribution < 1.29 is 19.7 Å². The highest BCUT2D eigenvalue weighted by Gasteiger charge is 2.36. The predicted molar refractivity (Wildman–Crippen MR) is 71.9 cm³/mol. The monoisotopic (exact) mass is 264 g/mol. The number of hydrogen-bond acceptors (Lipinski definition) is 3. The Morgan fingerprint density at radius 1 is 1.47 bits per heavy atom. The second-order valence-corrected chi connectivity index (χ2v) is 5.33. The molecule has 0 aliphatic heterocycles. The zero-order valence-electron chi connectivity index (χ0n) is 11.6. The van der Waals surface area contributed by atoms with Gasteiger partial charge in [0.25, 0.3) is 0 Å². The van der Waals surface area contributed by atoms with E-state index >= 15 is 0 Å². The summed E-state index contributed by atoms with van der Waals surface area (Å²) in [5, 5.41) is 19.4. The summed E-state index contributed by atoms with van der Waals surface area (Å²) in [4.78, 5) is 11.0. The van der Waals surface area contributed by atoms with E-state index in [9.17, 15) is 9.90 Å². The molecule has 0 heterocycles. The normalized spacial score (nSPS) is 16.2. The molecule has 1 aromatic carbocycles. The van der Waals surface area contributed by atoms with Crippen LogP contribution < -0.4 is 4.74 Å². The standard InChI is InChI=1S/C15H20O4/c1-8-6-12(14(18)15(19-3)9(8)2)11(7-13(16)17)10-4-5-10/h6,10-11,18H,4-5,7H2,1-3H3,(H,16,17). The molecule has 0 bridgehead atoms. The summed E-state index contributed by atoms with van der Waals surface area (Å²) in [6.45, 7) is 3.84. The van der Waals surface area contributed by atoms with Gasteiger partial charge in [0.15, 0.2) is 11.5 Å². The first kappa shape index (κ1) is 13.7. The molecular formula is C15H20O4. The van der Waals surface area contributed by atoms with E-state index in [0.717, 1.165) is 24.0 Å². The number of carbonyl (C=O) groups is 1. The van der Waals surface area contributed by atoms with Gasteiger partial charge in [0, 0.05) is 11.5 Å². The Labute approximate surface area is 113 Å². The molecule has 0 amide bonds. The fraction of sp³-hybridized carbons (Fsp3) is 0.533. The van der Waals surface area contributed by atoms with Crippen LogP contribution in [-0.4, -0.2) is 23.3 Å². The number of aromatic hydroxyl groups is 1. The number of aliphatic carboxylic acids is 1. The molecule has 0 radical (unpaired) electrons. The number of methoxy groups -OCH3 is 1. The average Bonchev–Trinajstić information content (AvgIpc) is 3.16. The van der Waals surface area contributed by atoms with Crippen LogP contribution in [0, 0.1) is 19.8 Å². The van der Waals surface area contributed by atoms with Crippen molar-refractivity contribution in [2.45, 2.75) is 39.0 Å². The van der Waals surface area contributed by atoms with Crippen molar-refractivity contribution in [1.82, 2.24) is 0 Å². The molecule has 0 spiro atoms. The van der Waals surface area contributed by atoms with E-state index in [1.54, 1.807) is 0 Å². The second kappa shape index (κ2) is 5.11. The highest BCUT2D eigenvalue weighted by molar-refractivity contribution is 5.69. The Kier molecular flexibility index (Phi) is 3.69. The van der Waals surface area contributed by atoms with E-state index in [1.807, 2.05) is 19.9 Å². The third-order valence-electron chi connectivity index (χ3n) is 3.98. The lowest BCUT2D eigenvalue weighted by atomic mass is 9.88. The minimum absolute atomic E-state index is 0.0594. The number of benzene rings is 1. The summed E-state index contributed by atoms with van der Waals surface area (Å²) in [6.07, 6.45) is 2.13. The van der Waals surface area contributed by atoms with Gasteiger partial charge in [-0.15, -0.1) is 0 Å². The van der Waals surface area contributed by atoms with Crippen LogP contribution in [0.1, 0.15) is 41.9 Å². The Hall–Kier alpha value is -1.71. The maximum Gasteiger partial charge on any atom is 0.303 e. The third kappa shape index (κ3) is 2.67. The molecule has 1 unspecified atom stereocenters. The molecule has 2 N–H and O–H groups in total. The number of rotatable bonds is 5. The molecule has 0 saturated heterocycles. The van der Waals surface area contributed by atoms with Gasteiger partial charge < -0.3 is 14.9 Å². The fourth-order valence-corrected chi connectivity index (χ4v) is 2.65. The second-order valence-electron chi connectivity index (χ2n) is 5.33. The quantitative estimate of drug-likeness (QED) is 0.858. The van der Waals surface area contributed by atoms with Gasteiger partial charge >= 0.3 is 5.97 Å². The molecule has 1 aliphatic rings. The SMILES string of the molecule is COc1c(C)c(C)cc(C(CC(=O)O)C2CC2)c1O. The fourth-order valence-electron chi connectivity index (χ4n) is 2.65. The summed E-state index contributed by atoms with van der Waals surface area (Å²) >= 11 is 0. The topological polar surface area (TPSA) is 66.8 Å². The van der Waals surface area contributed by atoms with Crippen LogP contribution in [0.25, 0.3) is 0 Å². The molecular weight excluding hydrogens is 244 g/mol. The van der Waals surface area contributed by atoms with Crippen LogP contribution in [0.3, 0.4) is 0 Å². The first-order valence-electron chi connectivity index (χ1n) is 6.54. The third-order valence-corrected chi connectivity index (χ3v) is 3.98. The molecule has 0 aromatic heterocycles. The molecule has 1 saturated carbocycles. The highest BCUT2D eigenvalue weighted by Crippen LogP contribution is 2.49. The summed E-state index contributed by atoms with van der Waals surface area (Å²) in [6, 6.07) is 1.90. The molecule has 4 nitrogen and oxygen atoms in total. The zero-order chi connectivity index (χ0) is 14.2. The van der Waals surface area contributed by atoms with Gasteiger partial charge in [-0.25, -0.2) is 0 Å². The summed E-state index contributed by atoms with van der Waals surface area (Å²) in [5.41, 5.74) is 2.62. The number of phenols is 1. The van der Waals surface area contributed by atoms with Crippen molar-refractivity contribution in [3.05, 3.63) is 22.8 Å². The minimum atomic E-state index is -0.825. The van der Waals surface area contributed by atoms with Crippen molar-refractivity contribution in [2.24, 2.45) is 5.92 Å². The number of ether oxygens (including phenoxy) is 1. The number of carboxylic acids is 1. The molecule has 2 rings (SSSR count). The van der Waals surface area contributed by atoms with Crippen molar-refractivity contribution in [2.75, 3.05) is 7.11 Å². The molecule has 4 heteroatoms. The van der Waals surface area contributed by atoms with Crippen LogP contribution in [0.4, 0.5) is 0 Å². The van der Waals surface area contributed by atoms with Gasteiger partial charge in [0.05, 0.1) is 13.5 Å². The van der Waals surface area contributed by atoms with E-state index in [4.69, 9.17) is 9.84 Å². The average molecular weight is 264 g/mol. The predicted octanol–water partition coefficient (Wildman–Crippen LogP) is 2.99. The van der Waals surface area contributed by atoms with Crippen molar-refractivity contribution in [1.29, 1.82) is 0 Å². The van der Waals surface area contributed by atoms with E-state index in [2.05, 4.69) is 0 Å². The van der Waals surface area contributed by atoms with Crippen LogP contribution in [-0.2, 0) is 4.79 Å². The smallest absolute Gasteiger partial charge is 0.303 e. The first-order chi connectivity index (χ1) is 8.95. The Bertz CT molecular complexity index is 503. The Morgan fingerprint density at radius 2 is 2.11 bits per heavy atom. The zero-order valence-corrected chi connectivity index (χ0v) is 11.6. The van der Waals surface area contributed by atoms with Gasteiger partial charge in [-0.1, -0.05) is 6.07 Å². The summed E-state index contributed by atoms with van der Waals surface area (Å²) in [7, 11) is 1.52. The molecule has 19 heavy (non-hydrogen) atoms. The van der Waals surface area contributed by atoms with Crippen LogP contribution in [0.2, 0.25) is 0 Å². The van der Waals surface area contributed by atoms with Crippen LogP contribution in [0.15, 0.2) is 6.07 Å². The Balaban J connectivity index is 2.47. The van der Waals surface area contributed by atoms with E-state index in [1.165, 1.54) is 7.11 Å². The molecule has 1 fully saturated rings. The van der Waals surface area contributed by atoms with E-state index in [0.29, 0.717) is 17.2 Å². The van der Waals surface area contributed by atoms with Crippen molar-refractivity contribution >= 4 is 5.97 Å². The number of hydrogen-bond donors (Lipinski definition) is 2. The lowest BCUT2D eigenvalue weighted by Gasteiger charge is -2.20. The maximum absolute atomic E-state index is 11.0. The van der Waals surface area contributed by atoms with Gasteiger partial charge in [0.2, 0.25) is 0 Å². The van der Waals surface area contributed by atoms with Gasteiger partial charge in [-0.2, -0.15) is 0 Å². The van der Waals surface area contributed by atoms with Crippen LogP contribution in [0.5, 0.6) is 11.5 Å².